The topological polar surface area (TPSA) is 3.24 Å². The van der Waals surface area contributed by atoms with Crippen LogP contribution in [0.4, 0.5) is 11.4 Å². The highest BCUT2D eigenvalue weighted by molar-refractivity contribution is 8.06. The molecule has 100 valence electrons. The van der Waals surface area contributed by atoms with Crippen molar-refractivity contribution in [3.8, 4) is 0 Å². The third kappa shape index (κ3) is 2.73. The normalized spacial score (nSPS) is 12.3. The molecule has 0 unspecified atom stereocenters. The van der Waals surface area contributed by atoms with Crippen molar-refractivity contribution >= 4 is 87.7 Å². The molecule has 0 amide bonds. The molecule has 0 N–H and O–H groups in total. The average Bonchev–Trinajstić information content (AvgIpc) is 2.82. The quantitative estimate of drug-likeness (QED) is 0.490. The molecule has 18 heavy (non-hydrogen) atoms. The van der Waals surface area contributed by atoms with Gasteiger partial charge >= 0.3 is 29.1 Å². The molecule has 0 saturated carbocycles. The van der Waals surface area contributed by atoms with Crippen LogP contribution in [-0.4, -0.2) is 6.54 Å². The second-order valence-electron chi connectivity index (χ2n) is 3.00. The minimum absolute atomic E-state index is 0. The minimum Gasteiger partial charge on any atom is -1.00 e. The first-order chi connectivity index (χ1) is 7.72. The van der Waals surface area contributed by atoms with Gasteiger partial charge in [-0.25, -0.2) is 0 Å². The first kappa shape index (κ1) is 17.5. The Balaban J connectivity index is 0.000000810. The van der Waals surface area contributed by atoms with Gasteiger partial charge in [0.05, 0.1) is 0 Å². The van der Waals surface area contributed by atoms with Crippen LogP contribution in [0, 0.1) is 0 Å². The van der Waals surface area contributed by atoms with E-state index in [9.17, 15) is 0 Å². The number of hydrogen-bond donors (Lipinski definition) is 0. The lowest BCUT2D eigenvalue weighted by atomic mass is 10.4. The number of nitrogens with zero attached hydrogens (tertiary/aromatic N) is 1. The molecule has 0 radical (unpaired) electrons. The van der Waals surface area contributed by atoms with Crippen molar-refractivity contribution in [3.63, 3.8) is 0 Å². The lowest BCUT2D eigenvalue weighted by molar-refractivity contribution is -0.00100. The average molecular weight is 417 g/mol. The van der Waals surface area contributed by atoms with Gasteiger partial charge in [-0.3, -0.25) is 0 Å². The molecule has 0 atom stereocenters. The van der Waals surface area contributed by atoms with Crippen LogP contribution in [0.2, 0.25) is 8.67 Å². The first-order valence-corrected chi connectivity index (χ1v) is 10.3. The van der Waals surface area contributed by atoms with Gasteiger partial charge in [0.15, 0.2) is 40.7 Å². The maximum absolute atomic E-state index is 6.25. The number of hydrogen-bond acceptors (Lipinski definition) is 4. The van der Waals surface area contributed by atoms with Crippen LogP contribution in [0.3, 0.4) is 0 Å². The molecule has 1 aliphatic rings. The Bertz CT molecular complexity index is 507. The van der Waals surface area contributed by atoms with E-state index in [2.05, 4.69) is 11.8 Å². The van der Waals surface area contributed by atoms with E-state index >= 15 is 0 Å². The molecular weight excluding hydrogens is 412 g/mol. The number of fused-ring (bicyclic) bond motifs is 2. The molecule has 0 bridgehead atoms. The molecule has 1 nitrogen and oxygen atoms in total. The second-order valence-corrected chi connectivity index (χ2v) is 10.0. The second kappa shape index (κ2) is 6.91. The molecule has 0 fully saturated rings. The molecule has 0 saturated heterocycles. The molecule has 0 aliphatic carbocycles. The molecule has 10 heteroatoms. The Morgan fingerprint density at radius 1 is 1.00 bits per heavy atom. The SMILES string of the molecule is CCN1c2c(Cl)s[s+]c2Sc2[s+]sc(Cl)c21.[Cl-].[Cl-]. The molecule has 0 aromatic carbocycles. The largest absolute Gasteiger partial charge is 1.00 e. The summed E-state index contributed by atoms with van der Waals surface area (Å²) in [6.07, 6.45) is 0. The number of rotatable bonds is 1. The summed E-state index contributed by atoms with van der Waals surface area (Å²) in [6.45, 7) is 3.02. The van der Waals surface area contributed by atoms with E-state index in [1.165, 1.54) is 8.42 Å². The monoisotopic (exact) mass is 415 g/mol. The van der Waals surface area contributed by atoms with Crippen molar-refractivity contribution in [2.45, 2.75) is 15.3 Å². The highest BCUT2D eigenvalue weighted by Gasteiger charge is 2.42. The maximum atomic E-state index is 6.25. The minimum atomic E-state index is 0. The molecule has 1 aliphatic heterocycles. The van der Waals surface area contributed by atoms with Crippen molar-refractivity contribution in [1.82, 2.24) is 0 Å². The van der Waals surface area contributed by atoms with Crippen LogP contribution in [0.1, 0.15) is 6.92 Å². The zero-order valence-corrected chi connectivity index (χ0v) is 15.8. The van der Waals surface area contributed by atoms with Crippen LogP contribution < -0.4 is 29.7 Å². The summed E-state index contributed by atoms with van der Waals surface area (Å²) in [5, 5.41) is 0. The van der Waals surface area contributed by atoms with Crippen molar-refractivity contribution in [2.75, 3.05) is 11.4 Å². The van der Waals surface area contributed by atoms with Gasteiger partial charge in [-0.2, -0.15) is 0 Å². The molecule has 0 spiro atoms. The van der Waals surface area contributed by atoms with Crippen molar-refractivity contribution < 1.29 is 24.8 Å². The summed E-state index contributed by atoms with van der Waals surface area (Å²) in [6, 6.07) is 0. The van der Waals surface area contributed by atoms with Crippen LogP contribution in [0.5, 0.6) is 0 Å². The zero-order chi connectivity index (χ0) is 11.3. The van der Waals surface area contributed by atoms with E-state index < -0.39 is 0 Å². The predicted octanol–water partition coefficient (Wildman–Crippen LogP) is 0.432. The van der Waals surface area contributed by atoms with Crippen molar-refractivity contribution in [1.29, 1.82) is 0 Å². The standard InChI is InChI=1S/C8H5Cl2NS5.2ClH/c1-2-11-3-5(9)13-15-7(3)12-8-4(11)6(10)14-16-8;;/h2H2,1H3;2*1H/q+2;;/p-2. The third-order valence-corrected chi connectivity index (χ3v) is 9.98. The van der Waals surface area contributed by atoms with Gasteiger partial charge in [-0.15, -0.1) is 0 Å². The van der Waals surface area contributed by atoms with E-state index in [0.29, 0.717) is 0 Å². The third-order valence-electron chi connectivity index (χ3n) is 2.18. The maximum Gasteiger partial charge on any atom is 0.316 e. The van der Waals surface area contributed by atoms with E-state index in [1.807, 2.05) is 0 Å². The Morgan fingerprint density at radius 3 is 1.83 bits per heavy atom. The smallest absolute Gasteiger partial charge is 0.316 e. The predicted molar refractivity (Wildman–Crippen MR) is 80.0 cm³/mol. The fourth-order valence-electron chi connectivity index (χ4n) is 1.54. The van der Waals surface area contributed by atoms with Gasteiger partial charge in [0.2, 0.25) is 0 Å². The van der Waals surface area contributed by atoms with Gasteiger partial charge in [-0.05, 0) is 6.92 Å². The number of anilines is 2. The van der Waals surface area contributed by atoms with Crippen molar-refractivity contribution in [2.24, 2.45) is 0 Å². The Hall–Kier alpha value is 1.41. The molecule has 3 heterocycles. The molecular formula is C8H5Cl4NS5. The summed E-state index contributed by atoms with van der Waals surface area (Å²) in [4.78, 5) is 2.23. The van der Waals surface area contributed by atoms with Crippen LogP contribution >= 0.6 is 76.3 Å². The van der Waals surface area contributed by atoms with E-state index in [4.69, 9.17) is 23.2 Å². The summed E-state index contributed by atoms with van der Waals surface area (Å²) in [7, 11) is 6.74. The fraction of sp³-hybridized carbons (Fsp3) is 0.250. The Morgan fingerprint density at radius 2 is 1.44 bits per heavy atom. The fourth-order valence-corrected chi connectivity index (χ4v) is 9.23. The van der Waals surface area contributed by atoms with E-state index in [1.54, 1.807) is 53.1 Å². The van der Waals surface area contributed by atoms with Gasteiger partial charge in [0, 0.05) is 18.3 Å². The molecule has 2 aromatic rings. The van der Waals surface area contributed by atoms with Crippen LogP contribution in [-0.2, 0) is 0 Å². The summed E-state index contributed by atoms with van der Waals surface area (Å²) < 4.78 is 4.31. The van der Waals surface area contributed by atoms with Gasteiger partial charge in [0.1, 0.15) is 0 Å². The highest BCUT2D eigenvalue weighted by atomic mass is 35.5. The van der Waals surface area contributed by atoms with Gasteiger partial charge in [-0.1, -0.05) is 23.2 Å². The molecule has 3 rings (SSSR count). The highest BCUT2D eigenvalue weighted by Crippen LogP contribution is 2.60. The van der Waals surface area contributed by atoms with Crippen LogP contribution in [0.15, 0.2) is 8.42 Å². The van der Waals surface area contributed by atoms with E-state index in [0.717, 1.165) is 26.6 Å². The lowest BCUT2D eigenvalue weighted by Gasteiger charge is -2.21. The summed E-state index contributed by atoms with van der Waals surface area (Å²) in [5.74, 6) is 0. The lowest BCUT2D eigenvalue weighted by Crippen LogP contribution is -3.00. The number of halogens is 4. The van der Waals surface area contributed by atoms with E-state index in [-0.39, 0.29) is 24.8 Å². The molecule has 2 aromatic heterocycles. The van der Waals surface area contributed by atoms with Crippen molar-refractivity contribution in [3.05, 3.63) is 8.67 Å². The summed E-state index contributed by atoms with van der Waals surface area (Å²) >= 11 is 14.3. The zero-order valence-electron chi connectivity index (χ0n) is 8.71. The Kier molecular flexibility index (Phi) is 6.71. The summed E-state index contributed by atoms with van der Waals surface area (Å²) in [5.41, 5.74) is 2.29. The first-order valence-electron chi connectivity index (χ1n) is 4.41. The van der Waals surface area contributed by atoms with Crippen LogP contribution in [0.25, 0.3) is 0 Å². The van der Waals surface area contributed by atoms with Gasteiger partial charge in [0.25, 0.3) is 0 Å². The van der Waals surface area contributed by atoms with Gasteiger partial charge < -0.3 is 29.7 Å². The Labute approximate surface area is 146 Å².